The van der Waals surface area contributed by atoms with Gasteiger partial charge in [-0.15, -0.1) is 11.3 Å². The Morgan fingerprint density at radius 3 is 2.88 bits per heavy atom. The largest absolute Gasteiger partial charge is 0.319 e. The van der Waals surface area contributed by atoms with Gasteiger partial charge in [0.05, 0.1) is 10.7 Å². The van der Waals surface area contributed by atoms with Crippen molar-refractivity contribution in [3.63, 3.8) is 0 Å². The summed E-state index contributed by atoms with van der Waals surface area (Å²) in [7, 11) is 1.99. The van der Waals surface area contributed by atoms with Crippen LogP contribution in [0.1, 0.15) is 36.4 Å². The summed E-state index contributed by atoms with van der Waals surface area (Å²) in [5.74, 6) is 0.714. The maximum atomic E-state index is 4.78. The molecule has 1 aliphatic rings. The van der Waals surface area contributed by atoms with E-state index in [1.807, 2.05) is 18.4 Å². The standard InChI is InChI=1S/C13H23N3S/c1-3-16-8-5-11(6-9-16)13-15-12(10-17-13)4-7-14-2/h10-11,14H,3-9H2,1-2H3. The maximum absolute atomic E-state index is 4.78. The third-order valence-electron chi connectivity index (χ3n) is 3.58. The molecule has 1 N–H and O–H groups in total. The molecule has 0 atom stereocenters. The minimum absolute atomic E-state index is 0.714. The molecule has 0 saturated carbocycles. The van der Waals surface area contributed by atoms with Crippen LogP contribution in [0.3, 0.4) is 0 Å². The summed E-state index contributed by atoms with van der Waals surface area (Å²) in [6, 6.07) is 0. The summed E-state index contributed by atoms with van der Waals surface area (Å²) in [5, 5.41) is 6.78. The van der Waals surface area contributed by atoms with Crippen molar-refractivity contribution < 1.29 is 0 Å². The fourth-order valence-corrected chi connectivity index (χ4v) is 3.40. The van der Waals surface area contributed by atoms with E-state index >= 15 is 0 Å². The van der Waals surface area contributed by atoms with Crippen LogP contribution in [0, 0.1) is 0 Å². The number of nitrogens with zero attached hydrogens (tertiary/aromatic N) is 2. The molecule has 0 aromatic carbocycles. The monoisotopic (exact) mass is 253 g/mol. The summed E-state index contributed by atoms with van der Waals surface area (Å²) >= 11 is 1.86. The third-order valence-corrected chi connectivity index (χ3v) is 4.64. The van der Waals surface area contributed by atoms with E-state index in [1.165, 1.54) is 43.2 Å². The summed E-state index contributed by atoms with van der Waals surface area (Å²) in [5.41, 5.74) is 1.26. The Morgan fingerprint density at radius 1 is 1.47 bits per heavy atom. The third kappa shape index (κ3) is 3.50. The Balaban J connectivity index is 1.87. The average Bonchev–Trinajstić information content (AvgIpc) is 2.85. The van der Waals surface area contributed by atoms with Gasteiger partial charge >= 0.3 is 0 Å². The first-order valence-electron chi connectivity index (χ1n) is 6.64. The lowest BCUT2D eigenvalue weighted by Gasteiger charge is -2.29. The number of hydrogen-bond acceptors (Lipinski definition) is 4. The maximum Gasteiger partial charge on any atom is 0.0960 e. The van der Waals surface area contributed by atoms with Crippen molar-refractivity contribution in [2.45, 2.75) is 32.1 Å². The van der Waals surface area contributed by atoms with E-state index in [0.717, 1.165) is 13.0 Å². The molecule has 2 rings (SSSR count). The molecular weight excluding hydrogens is 230 g/mol. The van der Waals surface area contributed by atoms with Crippen molar-refractivity contribution in [2.75, 3.05) is 33.2 Å². The van der Waals surface area contributed by atoms with Crippen molar-refractivity contribution in [3.8, 4) is 0 Å². The van der Waals surface area contributed by atoms with Crippen LogP contribution in [0.5, 0.6) is 0 Å². The summed E-state index contributed by atoms with van der Waals surface area (Å²) in [6.07, 6.45) is 3.63. The topological polar surface area (TPSA) is 28.2 Å². The molecule has 0 radical (unpaired) electrons. The highest BCUT2D eigenvalue weighted by Crippen LogP contribution is 2.30. The second kappa shape index (κ2) is 6.47. The molecule has 1 saturated heterocycles. The number of piperidine rings is 1. The van der Waals surface area contributed by atoms with E-state index in [4.69, 9.17) is 4.98 Å². The number of likely N-dealkylation sites (tertiary alicyclic amines) is 1. The molecule has 0 aliphatic carbocycles. The van der Waals surface area contributed by atoms with Crippen molar-refractivity contribution in [2.24, 2.45) is 0 Å². The molecule has 17 heavy (non-hydrogen) atoms. The Bertz CT molecular complexity index is 329. The van der Waals surface area contributed by atoms with Crippen LogP contribution in [-0.4, -0.2) is 43.1 Å². The van der Waals surface area contributed by atoms with Gasteiger partial charge in [-0.3, -0.25) is 0 Å². The van der Waals surface area contributed by atoms with Crippen LogP contribution in [0.4, 0.5) is 0 Å². The van der Waals surface area contributed by atoms with E-state index in [-0.39, 0.29) is 0 Å². The van der Waals surface area contributed by atoms with Gasteiger partial charge in [-0.1, -0.05) is 6.92 Å². The van der Waals surface area contributed by atoms with Gasteiger partial charge in [-0.2, -0.15) is 0 Å². The SMILES string of the molecule is CCN1CCC(c2nc(CCNC)cs2)CC1. The van der Waals surface area contributed by atoms with Crippen molar-refractivity contribution in [1.82, 2.24) is 15.2 Å². The molecule has 4 heteroatoms. The second-order valence-electron chi connectivity index (χ2n) is 4.74. The summed E-state index contributed by atoms with van der Waals surface area (Å²) < 4.78 is 0. The fraction of sp³-hybridized carbons (Fsp3) is 0.769. The van der Waals surface area contributed by atoms with E-state index in [9.17, 15) is 0 Å². The zero-order chi connectivity index (χ0) is 12.1. The van der Waals surface area contributed by atoms with Crippen LogP contribution < -0.4 is 5.32 Å². The van der Waals surface area contributed by atoms with Gasteiger partial charge in [-0.25, -0.2) is 4.98 Å². The predicted molar refractivity (Wildman–Crippen MR) is 73.8 cm³/mol. The van der Waals surface area contributed by atoms with Crippen molar-refractivity contribution in [3.05, 3.63) is 16.1 Å². The quantitative estimate of drug-likeness (QED) is 0.871. The van der Waals surface area contributed by atoms with E-state index in [0.29, 0.717) is 5.92 Å². The highest BCUT2D eigenvalue weighted by molar-refractivity contribution is 7.09. The number of thiazole rings is 1. The van der Waals surface area contributed by atoms with Gasteiger partial charge in [0, 0.05) is 24.3 Å². The van der Waals surface area contributed by atoms with E-state index < -0.39 is 0 Å². The van der Waals surface area contributed by atoms with Crippen molar-refractivity contribution in [1.29, 1.82) is 0 Å². The molecule has 3 nitrogen and oxygen atoms in total. The molecule has 1 fully saturated rings. The molecule has 0 unspecified atom stereocenters. The van der Waals surface area contributed by atoms with Gasteiger partial charge in [0.2, 0.25) is 0 Å². The molecule has 1 aliphatic heterocycles. The van der Waals surface area contributed by atoms with Crippen LogP contribution in [-0.2, 0) is 6.42 Å². The number of rotatable bonds is 5. The average molecular weight is 253 g/mol. The lowest BCUT2D eigenvalue weighted by Crippen LogP contribution is -2.32. The Hall–Kier alpha value is -0.450. The van der Waals surface area contributed by atoms with Gasteiger partial charge < -0.3 is 10.2 Å². The number of aromatic nitrogens is 1. The molecule has 0 spiro atoms. The van der Waals surface area contributed by atoms with Crippen LogP contribution >= 0.6 is 11.3 Å². The number of nitrogens with one attached hydrogen (secondary N) is 1. The van der Waals surface area contributed by atoms with E-state index in [1.54, 1.807) is 0 Å². The van der Waals surface area contributed by atoms with Gasteiger partial charge in [0.1, 0.15) is 0 Å². The molecule has 0 bridgehead atoms. The molecule has 1 aromatic heterocycles. The molecule has 2 heterocycles. The minimum Gasteiger partial charge on any atom is -0.319 e. The molecular formula is C13H23N3S. The number of hydrogen-bond donors (Lipinski definition) is 1. The molecule has 1 aromatic rings. The van der Waals surface area contributed by atoms with Crippen LogP contribution in [0.15, 0.2) is 5.38 Å². The second-order valence-corrected chi connectivity index (χ2v) is 5.63. The Labute approximate surface area is 108 Å². The number of likely N-dealkylation sites (N-methyl/N-ethyl adjacent to an activating group) is 1. The van der Waals surface area contributed by atoms with E-state index in [2.05, 4.69) is 22.5 Å². The lowest BCUT2D eigenvalue weighted by atomic mass is 9.97. The predicted octanol–water partition coefficient (Wildman–Crippen LogP) is 2.10. The zero-order valence-electron chi connectivity index (χ0n) is 10.9. The normalized spacial score (nSPS) is 18.7. The van der Waals surface area contributed by atoms with Crippen LogP contribution in [0.2, 0.25) is 0 Å². The Kier molecular flexibility index (Phi) is 4.95. The summed E-state index contributed by atoms with van der Waals surface area (Å²) in [6.45, 7) is 6.95. The fourth-order valence-electron chi connectivity index (χ4n) is 2.37. The first-order valence-corrected chi connectivity index (χ1v) is 7.52. The van der Waals surface area contributed by atoms with Crippen molar-refractivity contribution >= 4 is 11.3 Å². The lowest BCUT2D eigenvalue weighted by molar-refractivity contribution is 0.222. The first kappa shape index (κ1) is 13.0. The zero-order valence-corrected chi connectivity index (χ0v) is 11.7. The van der Waals surface area contributed by atoms with Crippen LogP contribution in [0.25, 0.3) is 0 Å². The van der Waals surface area contributed by atoms with Gasteiger partial charge in [0.15, 0.2) is 0 Å². The van der Waals surface area contributed by atoms with Gasteiger partial charge in [0.25, 0.3) is 0 Å². The highest BCUT2D eigenvalue weighted by atomic mass is 32.1. The minimum atomic E-state index is 0.714. The Morgan fingerprint density at radius 2 is 2.24 bits per heavy atom. The smallest absolute Gasteiger partial charge is 0.0960 e. The summed E-state index contributed by atoms with van der Waals surface area (Å²) in [4.78, 5) is 7.32. The first-order chi connectivity index (χ1) is 8.33. The van der Waals surface area contributed by atoms with Gasteiger partial charge in [-0.05, 0) is 39.5 Å². The highest BCUT2D eigenvalue weighted by Gasteiger charge is 2.21. The molecule has 0 amide bonds. The molecule has 96 valence electrons.